The minimum Gasteiger partial charge on any atom is -0.348 e. The number of H-pyrrole nitrogens is 1. The van der Waals surface area contributed by atoms with Gasteiger partial charge in [-0.1, -0.05) is 0 Å². The van der Waals surface area contributed by atoms with E-state index in [1.165, 1.54) is 11.3 Å². The number of nitrogens with zero attached hydrogens (tertiary/aromatic N) is 3. The van der Waals surface area contributed by atoms with Gasteiger partial charge in [-0.3, -0.25) is 14.6 Å². The number of hydrogen-bond acceptors (Lipinski definition) is 6. The van der Waals surface area contributed by atoms with Crippen LogP contribution in [-0.4, -0.2) is 48.0 Å². The Balaban J connectivity index is 1.54. The van der Waals surface area contributed by atoms with Gasteiger partial charge >= 0.3 is 0 Å². The Hall–Kier alpha value is -2.19. The predicted octanol–water partition coefficient (Wildman–Crippen LogP) is 1.52. The largest absolute Gasteiger partial charge is 0.348 e. The van der Waals surface area contributed by atoms with Gasteiger partial charge in [-0.15, -0.1) is 11.3 Å². The molecule has 1 atom stereocenters. The van der Waals surface area contributed by atoms with Gasteiger partial charge in [0.05, 0.1) is 17.1 Å². The highest BCUT2D eigenvalue weighted by Gasteiger charge is 2.27. The first kappa shape index (κ1) is 17.2. The maximum Gasteiger partial charge on any atom is 0.264 e. The Morgan fingerprint density at radius 1 is 1.38 bits per heavy atom. The maximum absolute atomic E-state index is 12.9. The molecular formula is C18H23N5O2S. The summed E-state index contributed by atoms with van der Waals surface area (Å²) in [5.41, 5.74) is 1.30. The number of hydrogen-bond donors (Lipinski definition) is 2. The number of aromatic amines is 1. The van der Waals surface area contributed by atoms with Crippen molar-refractivity contribution < 1.29 is 4.79 Å². The van der Waals surface area contributed by atoms with E-state index in [2.05, 4.69) is 21.4 Å². The van der Waals surface area contributed by atoms with Crippen LogP contribution < -0.4 is 15.8 Å². The van der Waals surface area contributed by atoms with Crippen LogP contribution in [0.15, 0.2) is 16.9 Å². The monoisotopic (exact) mass is 373 g/mol. The standard InChI is InChI=1S/C18H23N5O2S/c1-22(2)18-20-13-10-23(9-7-11(13)16(24)21-18)17(25)15-6-5-14(26-15)12-4-3-8-19-12/h5-6,12,19H,3-4,7-10H2,1-2H3,(H,20,21,24). The second kappa shape index (κ2) is 6.85. The van der Waals surface area contributed by atoms with Crippen LogP contribution in [0.25, 0.3) is 0 Å². The third-order valence-corrected chi connectivity index (χ3v) is 6.20. The molecule has 26 heavy (non-hydrogen) atoms. The fourth-order valence-corrected chi connectivity index (χ4v) is 4.64. The third-order valence-electron chi connectivity index (χ3n) is 5.01. The quantitative estimate of drug-likeness (QED) is 0.853. The fourth-order valence-electron chi connectivity index (χ4n) is 3.55. The van der Waals surface area contributed by atoms with Gasteiger partial charge in [0.2, 0.25) is 5.95 Å². The van der Waals surface area contributed by atoms with Crippen molar-refractivity contribution in [1.82, 2.24) is 20.2 Å². The van der Waals surface area contributed by atoms with E-state index >= 15 is 0 Å². The predicted molar refractivity (Wildman–Crippen MR) is 102 cm³/mol. The summed E-state index contributed by atoms with van der Waals surface area (Å²) in [6.45, 7) is 1.98. The summed E-state index contributed by atoms with van der Waals surface area (Å²) in [5.74, 6) is 0.548. The smallest absolute Gasteiger partial charge is 0.264 e. The van der Waals surface area contributed by atoms with Gasteiger partial charge in [0.25, 0.3) is 11.5 Å². The van der Waals surface area contributed by atoms with Crippen molar-refractivity contribution in [3.63, 3.8) is 0 Å². The van der Waals surface area contributed by atoms with Crippen LogP contribution in [0.3, 0.4) is 0 Å². The van der Waals surface area contributed by atoms with Gasteiger partial charge < -0.3 is 15.1 Å². The van der Waals surface area contributed by atoms with Crippen molar-refractivity contribution in [2.24, 2.45) is 0 Å². The highest BCUT2D eigenvalue weighted by Crippen LogP contribution is 2.30. The minimum absolute atomic E-state index is 0.0263. The second-order valence-electron chi connectivity index (χ2n) is 7.04. The number of amides is 1. The summed E-state index contributed by atoms with van der Waals surface area (Å²) in [4.78, 5) is 38.1. The number of aromatic nitrogens is 2. The van der Waals surface area contributed by atoms with E-state index in [9.17, 15) is 9.59 Å². The fraction of sp³-hybridized carbons (Fsp3) is 0.500. The van der Waals surface area contributed by atoms with Crippen LogP contribution in [0.5, 0.6) is 0 Å². The van der Waals surface area contributed by atoms with Crippen molar-refractivity contribution in [2.75, 3.05) is 32.1 Å². The van der Waals surface area contributed by atoms with Gasteiger partial charge in [0.1, 0.15) is 0 Å². The molecule has 0 bridgehead atoms. The molecule has 4 heterocycles. The average Bonchev–Trinajstić information content (AvgIpc) is 3.31. The third kappa shape index (κ3) is 3.14. The normalized spacial score (nSPS) is 19.5. The molecule has 2 aromatic heterocycles. The summed E-state index contributed by atoms with van der Waals surface area (Å²) in [6.07, 6.45) is 2.86. The molecule has 1 amide bonds. The maximum atomic E-state index is 12.9. The van der Waals surface area contributed by atoms with Crippen LogP contribution in [0.4, 0.5) is 5.95 Å². The minimum atomic E-state index is -0.100. The van der Waals surface area contributed by atoms with Gasteiger partial charge in [0, 0.05) is 37.1 Å². The molecule has 2 aliphatic rings. The molecule has 2 aromatic rings. The number of anilines is 1. The Bertz CT molecular complexity index is 882. The Morgan fingerprint density at radius 2 is 2.23 bits per heavy atom. The van der Waals surface area contributed by atoms with Crippen molar-refractivity contribution in [3.05, 3.63) is 43.5 Å². The van der Waals surface area contributed by atoms with E-state index < -0.39 is 0 Å². The van der Waals surface area contributed by atoms with Crippen molar-refractivity contribution in [3.8, 4) is 0 Å². The van der Waals surface area contributed by atoms with E-state index in [4.69, 9.17) is 0 Å². The zero-order chi connectivity index (χ0) is 18.3. The molecule has 0 radical (unpaired) electrons. The van der Waals surface area contributed by atoms with Crippen LogP contribution in [0.2, 0.25) is 0 Å². The van der Waals surface area contributed by atoms with Crippen LogP contribution in [-0.2, 0) is 13.0 Å². The molecule has 1 unspecified atom stereocenters. The van der Waals surface area contributed by atoms with Gasteiger partial charge in [0.15, 0.2) is 0 Å². The molecule has 7 nitrogen and oxygen atoms in total. The molecule has 0 aromatic carbocycles. The highest BCUT2D eigenvalue weighted by molar-refractivity contribution is 7.14. The number of thiophene rings is 1. The van der Waals surface area contributed by atoms with Crippen LogP contribution in [0.1, 0.15) is 44.7 Å². The number of rotatable bonds is 3. The SMILES string of the molecule is CN(C)c1nc2c(c(=O)[nH]1)CCN(C(=O)c1ccc(C3CCCN3)s1)C2. The molecule has 0 aliphatic carbocycles. The van der Waals surface area contributed by atoms with Gasteiger partial charge in [-0.05, 0) is 37.9 Å². The summed E-state index contributed by atoms with van der Waals surface area (Å²) in [5, 5.41) is 3.47. The first-order valence-electron chi connectivity index (χ1n) is 8.94. The first-order valence-corrected chi connectivity index (χ1v) is 9.76. The van der Waals surface area contributed by atoms with E-state index in [-0.39, 0.29) is 11.5 Å². The first-order chi connectivity index (χ1) is 12.5. The molecule has 4 rings (SSSR count). The Morgan fingerprint density at radius 3 is 2.96 bits per heavy atom. The van der Waals surface area contributed by atoms with Crippen molar-refractivity contribution in [1.29, 1.82) is 0 Å². The summed E-state index contributed by atoms with van der Waals surface area (Å²) in [7, 11) is 3.67. The Kier molecular flexibility index (Phi) is 4.54. The summed E-state index contributed by atoms with van der Waals surface area (Å²) in [6, 6.07) is 4.37. The van der Waals surface area contributed by atoms with Crippen LogP contribution in [0, 0.1) is 0 Å². The number of carbonyl (C=O) groups is 1. The second-order valence-corrected chi connectivity index (χ2v) is 8.15. The topological polar surface area (TPSA) is 81.3 Å². The highest BCUT2D eigenvalue weighted by atomic mass is 32.1. The zero-order valence-electron chi connectivity index (χ0n) is 15.0. The zero-order valence-corrected chi connectivity index (χ0v) is 15.9. The van der Waals surface area contributed by atoms with E-state index in [0.29, 0.717) is 42.8 Å². The molecule has 8 heteroatoms. The molecule has 1 saturated heterocycles. The van der Waals surface area contributed by atoms with E-state index in [1.807, 2.05) is 20.2 Å². The van der Waals surface area contributed by atoms with Gasteiger partial charge in [-0.25, -0.2) is 4.98 Å². The molecule has 2 N–H and O–H groups in total. The average molecular weight is 373 g/mol. The number of carbonyl (C=O) groups excluding carboxylic acids is 1. The number of nitrogens with one attached hydrogen (secondary N) is 2. The van der Waals surface area contributed by atoms with E-state index in [0.717, 1.165) is 17.8 Å². The lowest BCUT2D eigenvalue weighted by atomic mass is 10.1. The number of fused-ring (bicyclic) bond motifs is 1. The van der Waals surface area contributed by atoms with Crippen molar-refractivity contribution >= 4 is 23.2 Å². The molecule has 0 spiro atoms. The summed E-state index contributed by atoms with van der Waals surface area (Å²) >= 11 is 1.57. The molecule has 2 aliphatic heterocycles. The molecule has 0 saturated carbocycles. The lowest BCUT2D eigenvalue weighted by molar-refractivity contribution is 0.0736. The van der Waals surface area contributed by atoms with Gasteiger partial charge in [-0.2, -0.15) is 0 Å². The lowest BCUT2D eigenvalue weighted by Gasteiger charge is -2.28. The van der Waals surface area contributed by atoms with Crippen LogP contribution >= 0.6 is 11.3 Å². The van der Waals surface area contributed by atoms with E-state index in [1.54, 1.807) is 21.1 Å². The summed E-state index contributed by atoms with van der Waals surface area (Å²) < 4.78 is 0. The van der Waals surface area contributed by atoms with Crippen molar-refractivity contribution in [2.45, 2.75) is 31.8 Å². The molecule has 1 fully saturated rings. The lowest BCUT2D eigenvalue weighted by Crippen LogP contribution is -2.39. The Labute approximate surface area is 156 Å². The molecule has 138 valence electrons. The molecular weight excluding hydrogens is 350 g/mol.